The van der Waals surface area contributed by atoms with Crippen molar-refractivity contribution in [3.63, 3.8) is 0 Å². The lowest BCUT2D eigenvalue weighted by Crippen LogP contribution is -2.17. The topological polar surface area (TPSA) is 92.3 Å². The first-order valence-electron chi connectivity index (χ1n) is 6.35. The van der Waals surface area contributed by atoms with Gasteiger partial charge in [0.15, 0.2) is 0 Å². The molecule has 0 radical (unpaired) electrons. The molecule has 2 atom stereocenters. The molecule has 1 aliphatic heterocycles. The molecular formula is C14H14F2N2O4. The third-order valence-electron chi connectivity index (χ3n) is 3.28. The summed E-state index contributed by atoms with van der Waals surface area (Å²) >= 11 is 0. The van der Waals surface area contributed by atoms with Crippen molar-refractivity contribution in [3.05, 3.63) is 29.3 Å². The van der Waals surface area contributed by atoms with Gasteiger partial charge in [-0.25, -0.2) is 8.78 Å². The first kappa shape index (κ1) is 17.5. The van der Waals surface area contributed by atoms with Gasteiger partial charge in [0.05, 0.1) is 0 Å². The zero-order chi connectivity index (χ0) is 16.9. The van der Waals surface area contributed by atoms with E-state index in [1.165, 1.54) is 6.92 Å². The van der Waals surface area contributed by atoms with Crippen LogP contribution in [0.4, 0.5) is 14.5 Å². The molecule has 2 rings (SSSR count). The van der Waals surface area contributed by atoms with E-state index >= 15 is 0 Å². The summed E-state index contributed by atoms with van der Waals surface area (Å²) < 4.78 is 28.0. The molecule has 1 fully saturated rings. The van der Waals surface area contributed by atoms with Crippen molar-refractivity contribution >= 4 is 23.7 Å². The van der Waals surface area contributed by atoms with E-state index in [9.17, 15) is 18.4 Å². The fourth-order valence-electron chi connectivity index (χ4n) is 2.30. The average molecular weight is 312 g/mol. The van der Waals surface area contributed by atoms with E-state index < -0.39 is 29.4 Å². The van der Waals surface area contributed by atoms with Gasteiger partial charge in [0.1, 0.15) is 11.6 Å². The molecule has 118 valence electrons. The Labute approximate surface area is 124 Å². The number of hydrogen-bond acceptors (Lipinski definition) is 4. The molecule has 8 heteroatoms. The van der Waals surface area contributed by atoms with Crippen LogP contribution < -0.4 is 10.6 Å². The molecule has 0 unspecified atom stereocenters. The number of rotatable bonds is 2. The van der Waals surface area contributed by atoms with Crippen molar-refractivity contribution in [2.75, 3.05) is 11.9 Å². The van der Waals surface area contributed by atoms with Crippen LogP contribution in [-0.4, -0.2) is 24.5 Å². The summed E-state index contributed by atoms with van der Waals surface area (Å²) in [4.78, 5) is 38.5. The van der Waals surface area contributed by atoms with Crippen molar-refractivity contribution in [2.24, 2.45) is 5.92 Å². The van der Waals surface area contributed by atoms with E-state index in [4.69, 9.17) is 9.59 Å². The minimum absolute atomic E-state index is 0.0659. The Morgan fingerprint density at radius 3 is 2.18 bits per heavy atom. The van der Waals surface area contributed by atoms with E-state index in [0.717, 1.165) is 12.1 Å². The Kier molecular flexibility index (Phi) is 5.89. The summed E-state index contributed by atoms with van der Waals surface area (Å²) in [6, 6.07) is 2.13. The number of benzene rings is 1. The zero-order valence-corrected chi connectivity index (χ0v) is 11.9. The minimum Gasteiger partial charge on any atom is -0.355 e. The standard InChI is InChI=1S/C13H14F2N2O2.CO2/c1-6-9(5-16-13(6)19)12-10(14)3-8(4-11(12)15)17-7(2)18;2-1-3/h3-4,6,9H,5H2,1-2H3,(H,16,19)(H,17,18);/t6-,9+;/m0./s1. The summed E-state index contributed by atoms with van der Waals surface area (Å²) in [7, 11) is 0. The lowest BCUT2D eigenvalue weighted by Gasteiger charge is -2.16. The molecule has 2 amide bonds. The van der Waals surface area contributed by atoms with E-state index in [0.29, 0.717) is 0 Å². The van der Waals surface area contributed by atoms with Gasteiger partial charge < -0.3 is 10.6 Å². The van der Waals surface area contributed by atoms with Gasteiger partial charge in [0.2, 0.25) is 11.8 Å². The normalized spacial score (nSPS) is 19.5. The van der Waals surface area contributed by atoms with Crippen LogP contribution in [0.25, 0.3) is 0 Å². The quantitative estimate of drug-likeness (QED) is 0.858. The largest absolute Gasteiger partial charge is 0.373 e. The number of amides is 2. The van der Waals surface area contributed by atoms with Crippen LogP contribution in [0.3, 0.4) is 0 Å². The van der Waals surface area contributed by atoms with Gasteiger partial charge in [-0.3, -0.25) is 9.59 Å². The highest BCUT2D eigenvalue weighted by molar-refractivity contribution is 5.88. The third kappa shape index (κ3) is 3.95. The molecule has 0 aliphatic carbocycles. The number of nitrogens with one attached hydrogen (secondary N) is 2. The summed E-state index contributed by atoms with van der Waals surface area (Å²) in [6.07, 6.45) is 0.250. The number of anilines is 1. The highest BCUT2D eigenvalue weighted by Crippen LogP contribution is 2.33. The number of carbonyl (C=O) groups excluding carboxylic acids is 4. The molecule has 0 spiro atoms. The molecule has 0 bridgehead atoms. The van der Waals surface area contributed by atoms with Crippen LogP contribution in [0.5, 0.6) is 0 Å². The highest BCUT2D eigenvalue weighted by Gasteiger charge is 2.35. The average Bonchev–Trinajstić information content (AvgIpc) is 2.70. The smallest absolute Gasteiger partial charge is 0.355 e. The fraction of sp³-hybridized carbons (Fsp3) is 0.357. The first-order chi connectivity index (χ1) is 10.3. The lowest BCUT2D eigenvalue weighted by molar-refractivity contribution is -0.191. The van der Waals surface area contributed by atoms with Gasteiger partial charge in [-0.15, -0.1) is 0 Å². The number of halogens is 2. The van der Waals surface area contributed by atoms with Gasteiger partial charge in [-0.1, -0.05) is 6.92 Å². The van der Waals surface area contributed by atoms with Crippen molar-refractivity contribution < 1.29 is 28.0 Å². The summed E-state index contributed by atoms with van der Waals surface area (Å²) in [5.41, 5.74) is -0.0452. The SMILES string of the molecule is CC(=O)Nc1cc(F)c([C@@H]2CNC(=O)[C@H]2C)c(F)c1.O=C=O. The molecule has 6 nitrogen and oxygen atoms in total. The Bertz CT molecular complexity index is 604. The second-order valence-corrected chi connectivity index (χ2v) is 4.76. The Hall–Kier alpha value is -2.60. The van der Waals surface area contributed by atoms with Crippen LogP contribution in [-0.2, 0) is 19.2 Å². The molecule has 22 heavy (non-hydrogen) atoms. The van der Waals surface area contributed by atoms with Gasteiger partial charge in [0, 0.05) is 36.6 Å². The molecule has 1 aromatic carbocycles. The van der Waals surface area contributed by atoms with Gasteiger partial charge in [0.25, 0.3) is 0 Å². The van der Waals surface area contributed by atoms with E-state index in [1.54, 1.807) is 6.92 Å². The second kappa shape index (κ2) is 7.42. The van der Waals surface area contributed by atoms with Crippen LogP contribution in [0.1, 0.15) is 25.3 Å². The predicted octanol–water partition coefficient (Wildman–Crippen LogP) is 1.19. The molecule has 2 N–H and O–H groups in total. The van der Waals surface area contributed by atoms with E-state index in [2.05, 4.69) is 10.6 Å². The number of hydrogen-bond donors (Lipinski definition) is 2. The molecule has 1 saturated heterocycles. The van der Waals surface area contributed by atoms with Crippen LogP contribution in [0.2, 0.25) is 0 Å². The zero-order valence-electron chi connectivity index (χ0n) is 11.9. The molecule has 1 heterocycles. The maximum absolute atomic E-state index is 14.0. The molecule has 0 aromatic heterocycles. The summed E-state index contributed by atoms with van der Waals surface area (Å²) in [6.45, 7) is 3.10. The lowest BCUT2D eigenvalue weighted by atomic mass is 9.89. The van der Waals surface area contributed by atoms with Crippen molar-refractivity contribution in [1.82, 2.24) is 5.32 Å². The first-order valence-corrected chi connectivity index (χ1v) is 6.35. The maximum Gasteiger partial charge on any atom is 0.373 e. The van der Waals surface area contributed by atoms with Crippen LogP contribution >= 0.6 is 0 Å². The van der Waals surface area contributed by atoms with Crippen LogP contribution in [0, 0.1) is 17.6 Å². The fourth-order valence-corrected chi connectivity index (χ4v) is 2.30. The highest BCUT2D eigenvalue weighted by atomic mass is 19.1. The summed E-state index contributed by atoms with van der Waals surface area (Å²) in [5.74, 6) is -3.13. The Morgan fingerprint density at radius 1 is 1.32 bits per heavy atom. The van der Waals surface area contributed by atoms with E-state index in [1.807, 2.05) is 0 Å². The Morgan fingerprint density at radius 2 is 1.82 bits per heavy atom. The monoisotopic (exact) mass is 312 g/mol. The third-order valence-corrected chi connectivity index (χ3v) is 3.28. The Balaban J connectivity index is 0.000000745. The molecule has 1 aromatic rings. The van der Waals surface area contributed by atoms with Gasteiger partial charge in [-0.2, -0.15) is 9.59 Å². The molecular weight excluding hydrogens is 298 g/mol. The van der Waals surface area contributed by atoms with Crippen molar-refractivity contribution in [2.45, 2.75) is 19.8 Å². The minimum atomic E-state index is -0.753. The number of carbonyl (C=O) groups is 2. The maximum atomic E-state index is 14.0. The summed E-state index contributed by atoms with van der Waals surface area (Å²) in [5, 5.41) is 4.90. The van der Waals surface area contributed by atoms with Crippen LogP contribution in [0.15, 0.2) is 12.1 Å². The molecule has 0 saturated carbocycles. The van der Waals surface area contributed by atoms with Gasteiger partial charge >= 0.3 is 6.15 Å². The van der Waals surface area contributed by atoms with Crippen molar-refractivity contribution in [3.8, 4) is 0 Å². The van der Waals surface area contributed by atoms with E-state index in [-0.39, 0.29) is 29.9 Å². The predicted molar refractivity (Wildman–Crippen MR) is 70.6 cm³/mol. The van der Waals surface area contributed by atoms with Crippen molar-refractivity contribution in [1.29, 1.82) is 0 Å². The van der Waals surface area contributed by atoms with Gasteiger partial charge in [-0.05, 0) is 12.1 Å². The molecule has 1 aliphatic rings. The second-order valence-electron chi connectivity index (χ2n) is 4.76.